The second-order valence-corrected chi connectivity index (χ2v) is 2.80. The predicted molar refractivity (Wildman–Crippen MR) is 46.1 cm³/mol. The van der Waals surface area contributed by atoms with Crippen LogP contribution in [0.2, 0.25) is 0 Å². The normalized spacial score (nSPS) is 10.6. The summed E-state index contributed by atoms with van der Waals surface area (Å²) in [7, 11) is 0. The van der Waals surface area contributed by atoms with Gasteiger partial charge in [0.15, 0.2) is 11.6 Å². The van der Waals surface area contributed by atoms with Crippen LogP contribution in [0.3, 0.4) is 0 Å². The molecule has 4 heteroatoms. The summed E-state index contributed by atoms with van der Waals surface area (Å²) in [5, 5.41) is 0.535. The number of Topliss-reactive ketones (excluding diaryl/α,β-unsaturated/α-hetero) is 1. The summed E-state index contributed by atoms with van der Waals surface area (Å²) >= 11 is 0. The summed E-state index contributed by atoms with van der Waals surface area (Å²) in [4.78, 5) is 17.4. The summed E-state index contributed by atoms with van der Waals surface area (Å²) < 4.78 is 13.1. The van der Waals surface area contributed by atoms with E-state index < -0.39 is 5.82 Å². The van der Waals surface area contributed by atoms with E-state index in [0.29, 0.717) is 16.5 Å². The lowest BCUT2D eigenvalue weighted by Gasteiger charge is -1.92. The van der Waals surface area contributed by atoms with Gasteiger partial charge in [-0.05, 0) is 6.92 Å². The molecule has 0 saturated carbocycles. The fourth-order valence-corrected chi connectivity index (χ4v) is 1.30. The average Bonchev–Trinajstić information content (AvgIpc) is 2.48. The van der Waals surface area contributed by atoms with Gasteiger partial charge in [0.1, 0.15) is 0 Å². The fraction of sp³-hybridized carbons (Fsp3) is 0.111. The summed E-state index contributed by atoms with van der Waals surface area (Å²) in [6.45, 7) is 1.44. The number of ketones is 1. The van der Waals surface area contributed by atoms with Crippen LogP contribution in [0, 0.1) is 5.82 Å². The van der Waals surface area contributed by atoms with Gasteiger partial charge in [-0.3, -0.25) is 9.78 Å². The maximum Gasteiger partial charge on any atom is 0.165 e. The SMILES string of the molecule is CC(=O)c1c[nH]c2c(F)cncc12. The van der Waals surface area contributed by atoms with Crippen molar-refractivity contribution in [2.24, 2.45) is 0 Å². The van der Waals surface area contributed by atoms with E-state index in [1.165, 1.54) is 19.3 Å². The number of nitrogens with zero attached hydrogens (tertiary/aromatic N) is 1. The van der Waals surface area contributed by atoms with Crippen LogP contribution in [-0.2, 0) is 0 Å². The Morgan fingerprint density at radius 1 is 1.54 bits per heavy atom. The summed E-state index contributed by atoms with van der Waals surface area (Å²) in [5.74, 6) is -0.538. The molecule has 2 aromatic rings. The molecule has 0 spiro atoms. The quantitative estimate of drug-likeness (QED) is 0.678. The van der Waals surface area contributed by atoms with E-state index in [1.54, 1.807) is 0 Å². The van der Waals surface area contributed by atoms with Crippen molar-refractivity contribution >= 4 is 16.7 Å². The van der Waals surface area contributed by atoms with Gasteiger partial charge in [-0.25, -0.2) is 4.39 Å². The molecular formula is C9H7FN2O. The molecule has 2 aromatic heterocycles. The van der Waals surface area contributed by atoms with E-state index in [-0.39, 0.29) is 5.78 Å². The van der Waals surface area contributed by atoms with Crippen LogP contribution in [0.1, 0.15) is 17.3 Å². The van der Waals surface area contributed by atoms with E-state index >= 15 is 0 Å². The van der Waals surface area contributed by atoms with Gasteiger partial charge in [0, 0.05) is 23.3 Å². The van der Waals surface area contributed by atoms with Gasteiger partial charge in [0.25, 0.3) is 0 Å². The Morgan fingerprint density at radius 2 is 2.31 bits per heavy atom. The van der Waals surface area contributed by atoms with Crippen LogP contribution in [-0.4, -0.2) is 15.8 Å². The first-order valence-electron chi connectivity index (χ1n) is 3.81. The Morgan fingerprint density at radius 3 is 3.00 bits per heavy atom. The Balaban J connectivity index is 2.83. The number of carbonyl (C=O) groups excluding carboxylic acids is 1. The highest BCUT2D eigenvalue weighted by atomic mass is 19.1. The van der Waals surface area contributed by atoms with Crippen LogP contribution in [0.15, 0.2) is 18.6 Å². The Hall–Kier alpha value is -1.71. The van der Waals surface area contributed by atoms with Crippen molar-refractivity contribution in [1.29, 1.82) is 0 Å². The van der Waals surface area contributed by atoms with Gasteiger partial charge < -0.3 is 4.98 Å². The molecule has 2 rings (SSSR count). The maximum atomic E-state index is 13.1. The van der Waals surface area contributed by atoms with Gasteiger partial charge in [-0.2, -0.15) is 0 Å². The van der Waals surface area contributed by atoms with E-state index in [2.05, 4.69) is 9.97 Å². The highest BCUT2D eigenvalue weighted by Gasteiger charge is 2.10. The van der Waals surface area contributed by atoms with Crippen LogP contribution in [0.4, 0.5) is 4.39 Å². The van der Waals surface area contributed by atoms with Gasteiger partial charge >= 0.3 is 0 Å². The first-order chi connectivity index (χ1) is 6.20. The number of carbonyl (C=O) groups is 1. The standard InChI is InChI=1S/C9H7FN2O/c1-5(13)6-3-12-9-7(6)2-11-4-8(9)10/h2-4,12H,1H3. The third-order valence-electron chi connectivity index (χ3n) is 1.93. The Bertz CT molecular complexity index is 475. The number of fused-ring (bicyclic) bond motifs is 1. The molecule has 0 amide bonds. The van der Waals surface area contributed by atoms with Crippen molar-refractivity contribution < 1.29 is 9.18 Å². The lowest BCUT2D eigenvalue weighted by Crippen LogP contribution is -1.89. The molecule has 0 fully saturated rings. The number of halogens is 1. The maximum absolute atomic E-state index is 13.1. The number of hydrogen-bond acceptors (Lipinski definition) is 2. The van der Waals surface area contributed by atoms with Crippen LogP contribution < -0.4 is 0 Å². The molecule has 0 aliphatic carbocycles. The van der Waals surface area contributed by atoms with Crippen molar-refractivity contribution in [3.63, 3.8) is 0 Å². The highest BCUT2D eigenvalue weighted by molar-refractivity contribution is 6.06. The van der Waals surface area contributed by atoms with Crippen molar-refractivity contribution in [2.75, 3.05) is 0 Å². The van der Waals surface area contributed by atoms with Crippen molar-refractivity contribution in [3.8, 4) is 0 Å². The molecule has 66 valence electrons. The second kappa shape index (κ2) is 2.65. The minimum atomic E-state index is -0.440. The van der Waals surface area contributed by atoms with Crippen LogP contribution in [0.5, 0.6) is 0 Å². The average molecular weight is 178 g/mol. The molecule has 1 N–H and O–H groups in total. The molecule has 13 heavy (non-hydrogen) atoms. The minimum absolute atomic E-state index is 0.0985. The number of aromatic nitrogens is 2. The minimum Gasteiger partial charge on any atom is -0.358 e. The Labute approximate surface area is 73.6 Å². The molecule has 0 bridgehead atoms. The van der Waals surface area contributed by atoms with Crippen molar-refractivity contribution in [2.45, 2.75) is 6.92 Å². The molecular weight excluding hydrogens is 171 g/mol. The smallest absolute Gasteiger partial charge is 0.165 e. The van der Waals surface area contributed by atoms with Gasteiger partial charge in [-0.1, -0.05) is 0 Å². The first kappa shape index (κ1) is 7.91. The molecule has 0 aliphatic rings. The fourth-order valence-electron chi connectivity index (χ4n) is 1.30. The second-order valence-electron chi connectivity index (χ2n) is 2.80. The zero-order chi connectivity index (χ0) is 9.42. The van der Waals surface area contributed by atoms with Gasteiger partial charge in [0.2, 0.25) is 0 Å². The molecule has 3 nitrogen and oxygen atoms in total. The van der Waals surface area contributed by atoms with E-state index in [1.807, 2.05) is 0 Å². The van der Waals surface area contributed by atoms with Crippen LogP contribution >= 0.6 is 0 Å². The molecule has 0 aliphatic heterocycles. The lowest BCUT2D eigenvalue weighted by molar-refractivity contribution is 0.101. The largest absolute Gasteiger partial charge is 0.358 e. The number of H-pyrrole nitrogens is 1. The first-order valence-corrected chi connectivity index (χ1v) is 3.81. The highest BCUT2D eigenvalue weighted by Crippen LogP contribution is 2.19. The molecule has 0 atom stereocenters. The number of rotatable bonds is 1. The molecule has 0 aromatic carbocycles. The lowest BCUT2D eigenvalue weighted by atomic mass is 10.1. The summed E-state index contributed by atoms with van der Waals surface area (Å²) in [5.41, 5.74) is 0.808. The summed E-state index contributed by atoms with van der Waals surface area (Å²) in [6, 6.07) is 0. The van der Waals surface area contributed by atoms with Crippen LogP contribution in [0.25, 0.3) is 10.9 Å². The number of aromatic amines is 1. The van der Waals surface area contributed by atoms with Crippen molar-refractivity contribution in [1.82, 2.24) is 9.97 Å². The zero-order valence-electron chi connectivity index (χ0n) is 6.97. The zero-order valence-corrected chi connectivity index (χ0v) is 6.97. The number of nitrogens with one attached hydrogen (secondary N) is 1. The third kappa shape index (κ3) is 1.11. The van der Waals surface area contributed by atoms with E-state index in [9.17, 15) is 9.18 Å². The molecule has 0 saturated heterocycles. The van der Waals surface area contributed by atoms with Gasteiger partial charge in [0.05, 0.1) is 11.7 Å². The van der Waals surface area contributed by atoms with E-state index in [4.69, 9.17) is 0 Å². The molecule has 0 unspecified atom stereocenters. The Kier molecular flexibility index (Phi) is 1.62. The number of pyridine rings is 1. The van der Waals surface area contributed by atoms with Gasteiger partial charge in [-0.15, -0.1) is 0 Å². The number of hydrogen-bond donors (Lipinski definition) is 1. The van der Waals surface area contributed by atoms with E-state index in [0.717, 1.165) is 6.20 Å². The molecule has 0 radical (unpaired) electrons. The topological polar surface area (TPSA) is 45.8 Å². The summed E-state index contributed by atoms with van der Waals surface area (Å²) in [6.07, 6.45) is 4.09. The predicted octanol–water partition coefficient (Wildman–Crippen LogP) is 1.90. The molecule has 2 heterocycles. The monoisotopic (exact) mass is 178 g/mol. The van der Waals surface area contributed by atoms with Crippen molar-refractivity contribution in [3.05, 3.63) is 30.0 Å². The third-order valence-corrected chi connectivity index (χ3v) is 1.93.